The fourth-order valence-electron chi connectivity index (χ4n) is 0.141. The first kappa shape index (κ1) is 7.18. The van der Waals surface area contributed by atoms with Crippen LogP contribution in [0.4, 0.5) is 4.79 Å². The number of hydrogen-bond donors (Lipinski definition) is 1. The van der Waals surface area contributed by atoms with E-state index >= 15 is 0 Å². The lowest BCUT2D eigenvalue weighted by atomic mass is 11.1. The average Bonchev–Trinajstić information content (AvgIpc) is 1.63. The summed E-state index contributed by atoms with van der Waals surface area (Å²) in [6, 6.07) is -1.33. The van der Waals surface area contributed by atoms with Crippen molar-refractivity contribution in [2.75, 3.05) is 0 Å². The van der Waals surface area contributed by atoms with Gasteiger partial charge >= 0.3 is 6.03 Å². The van der Waals surface area contributed by atoms with E-state index in [-0.39, 0.29) is 0 Å². The van der Waals surface area contributed by atoms with Crippen LogP contribution in [0.15, 0.2) is 5.11 Å². The van der Waals surface area contributed by atoms with Gasteiger partial charge in [0, 0.05) is 10.0 Å². The molecule has 0 saturated carbocycles. The largest absolute Gasteiger partial charge is 0.367 e. The molecular formula is CHN5O3. The Labute approximate surface area is 48.2 Å². The molecule has 0 aliphatic heterocycles. The highest BCUT2D eigenvalue weighted by Crippen LogP contribution is 1.72. The summed E-state index contributed by atoms with van der Waals surface area (Å²) in [5.41, 5.74) is 8.63. The van der Waals surface area contributed by atoms with E-state index in [1.54, 1.807) is 0 Å². The topological polar surface area (TPSA) is 121 Å². The number of carbonyl (C=O) groups is 1. The molecule has 0 fully saturated rings. The first-order valence-electron chi connectivity index (χ1n) is 1.67. The van der Waals surface area contributed by atoms with Gasteiger partial charge in [-0.1, -0.05) is 5.43 Å². The van der Waals surface area contributed by atoms with E-state index in [1.165, 1.54) is 0 Å². The molecule has 1 N–H and O–H groups in total. The van der Waals surface area contributed by atoms with E-state index in [1.807, 2.05) is 4.91 Å². The van der Waals surface area contributed by atoms with Gasteiger partial charge in [0.1, 0.15) is 0 Å². The quantitative estimate of drug-likeness (QED) is 0.180. The van der Waals surface area contributed by atoms with Gasteiger partial charge in [0.05, 0.1) is 0 Å². The van der Waals surface area contributed by atoms with Crippen molar-refractivity contribution >= 4 is 6.03 Å². The Morgan fingerprint density at radius 1 is 1.89 bits per heavy atom. The van der Waals surface area contributed by atoms with E-state index in [0.29, 0.717) is 0 Å². The summed E-state index contributed by atoms with van der Waals surface area (Å²) in [4.78, 5) is 21.3. The minimum absolute atomic E-state index is 1.11. The third-order valence-corrected chi connectivity index (χ3v) is 0.322. The number of azide groups is 1. The number of carbonyl (C=O) groups excluding carboxylic acids is 1. The highest BCUT2D eigenvalue weighted by molar-refractivity contribution is 5.73. The van der Waals surface area contributed by atoms with E-state index in [4.69, 9.17) is 5.53 Å². The van der Waals surface area contributed by atoms with Crippen LogP contribution in [-0.4, -0.2) is 11.1 Å². The summed E-state index contributed by atoms with van der Waals surface area (Å²) in [6.45, 7) is 0. The molecule has 0 rings (SSSR count). The molecule has 0 atom stereocenters. The predicted molar refractivity (Wildman–Crippen MR) is 24.7 cm³/mol. The van der Waals surface area contributed by atoms with Crippen LogP contribution in [0.2, 0.25) is 0 Å². The molecule has 0 spiro atoms. The molecule has 0 aromatic heterocycles. The second-order valence-corrected chi connectivity index (χ2v) is 0.864. The molecule has 9 heavy (non-hydrogen) atoms. The van der Waals surface area contributed by atoms with Gasteiger partial charge in [0.25, 0.3) is 0 Å². The lowest BCUT2D eigenvalue weighted by Gasteiger charge is -1.83. The van der Waals surface area contributed by atoms with Crippen LogP contribution in [0, 0.1) is 10.1 Å². The molecule has 0 bridgehead atoms. The lowest BCUT2D eigenvalue weighted by molar-refractivity contribution is -0.527. The van der Waals surface area contributed by atoms with E-state index in [0.717, 1.165) is 5.43 Å². The summed E-state index contributed by atoms with van der Waals surface area (Å²) in [6.07, 6.45) is 0. The standard InChI is InChI=1S/CHN5O3/c2-5-3-1(7)4-6(8)9/h(H,4,7). The van der Waals surface area contributed by atoms with Crippen LogP contribution >= 0.6 is 0 Å². The third kappa shape index (κ3) is 4.02. The smallest absolute Gasteiger partial charge is 0.262 e. The molecule has 0 aliphatic carbocycles. The molecule has 0 radical (unpaired) electrons. The maximum atomic E-state index is 9.88. The van der Waals surface area contributed by atoms with Gasteiger partial charge in [-0.2, -0.15) is 0 Å². The molecule has 0 heterocycles. The van der Waals surface area contributed by atoms with Gasteiger partial charge in [-0.3, -0.25) is 4.79 Å². The molecule has 8 nitrogen and oxygen atoms in total. The van der Waals surface area contributed by atoms with Gasteiger partial charge in [-0.05, 0) is 5.53 Å². The Balaban J connectivity index is 3.78. The normalized spacial score (nSPS) is 7.11. The summed E-state index contributed by atoms with van der Waals surface area (Å²) < 4.78 is 0. The SMILES string of the molecule is [N-]=[N+]=NC(=O)N[N+](=O)[O-]. The minimum atomic E-state index is -1.33. The molecule has 0 saturated heterocycles. The van der Waals surface area contributed by atoms with Gasteiger partial charge in [0.2, 0.25) is 0 Å². The predicted octanol–water partition coefficient (Wildman–Crippen LogP) is 0.198. The number of hydrogen-bond acceptors (Lipinski definition) is 3. The van der Waals surface area contributed by atoms with Gasteiger partial charge in [-0.25, -0.2) is 10.1 Å². The summed E-state index contributed by atoms with van der Waals surface area (Å²) in [5, 5.41) is 10.6. The van der Waals surface area contributed by atoms with Crippen molar-refractivity contribution in [1.29, 1.82) is 0 Å². The van der Waals surface area contributed by atoms with E-state index < -0.39 is 11.1 Å². The zero-order chi connectivity index (χ0) is 7.28. The monoisotopic (exact) mass is 131 g/mol. The Morgan fingerprint density at radius 3 is 2.78 bits per heavy atom. The highest BCUT2D eigenvalue weighted by atomic mass is 16.7. The summed E-state index contributed by atoms with van der Waals surface area (Å²) in [5.74, 6) is 0. The number of nitro groups is 1. The fourth-order valence-corrected chi connectivity index (χ4v) is 0.141. The zero-order valence-corrected chi connectivity index (χ0v) is 4.01. The average molecular weight is 131 g/mol. The number of hydrazine groups is 1. The molecular weight excluding hydrogens is 130 g/mol. The second-order valence-electron chi connectivity index (χ2n) is 0.864. The van der Waals surface area contributed by atoms with Crippen molar-refractivity contribution in [2.24, 2.45) is 5.11 Å². The Morgan fingerprint density at radius 2 is 2.44 bits per heavy atom. The van der Waals surface area contributed by atoms with Crippen molar-refractivity contribution < 1.29 is 9.83 Å². The molecule has 8 heteroatoms. The van der Waals surface area contributed by atoms with Gasteiger partial charge < -0.3 is 0 Å². The van der Waals surface area contributed by atoms with E-state index in [9.17, 15) is 14.9 Å². The van der Waals surface area contributed by atoms with Crippen molar-refractivity contribution in [3.8, 4) is 0 Å². The molecule has 0 unspecified atom stereocenters. The summed E-state index contributed by atoms with van der Waals surface area (Å²) in [7, 11) is 0. The molecule has 2 amide bonds. The fraction of sp³-hybridized carbons (Fsp3) is 0. The number of urea groups is 1. The van der Waals surface area contributed by atoms with Crippen LogP contribution in [0.5, 0.6) is 0 Å². The zero-order valence-electron chi connectivity index (χ0n) is 4.01. The van der Waals surface area contributed by atoms with Gasteiger partial charge in [0.15, 0.2) is 5.03 Å². The van der Waals surface area contributed by atoms with Crippen LogP contribution < -0.4 is 5.43 Å². The Kier molecular flexibility index (Phi) is 2.57. The Hall–Kier alpha value is -1.82. The number of rotatable bonds is 1. The molecule has 0 aromatic carbocycles. The highest BCUT2D eigenvalue weighted by Gasteiger charge is 2.00. The maximum absolute atomic E-state index is 9.88. The maximum Gasteiger partial charge on any atom is 0.367 e. The van der Waals surface area contributed by atoms with Crippen LogP contribution in [0.25, 0.3) is 10.4 Å². The molecule has 48 valence electrons. The number of nitrogens with zero attached hydrogens (tertiary/aromatic N) is 4. The second kappa shape index (κ2) is 3.22. The first-order valence-corrected chi connectivity index (χ1v) is 1.67. The van der Waals surface area contributed by atoms with Crippen molar-refractivity contribution in [2.45, 2.75) is 0 Å². The van der Waals surface area contributed by atoms with Gasteiger partial charge in [-0.15, -0.1) is 0 Å². The van der Waals surface area contributed by atoms with Crippen molar-refractivity contribution in [3.05, 3.63) is 20.6 Å². The first-order chi connectivity index (χ1) is 4.16. The minimum Gasteiger partial charge on any atom is -0.262 e. The Bertz CT molecular complexity index is 179. The van der Waals surface area contributed by atoms with Crippen molar-refractivity contribution in [1.82, 2.24) is 5.43 Å². The van der Waals surface area contributed by atoms with Crippen LogP contribution in [-0.2, 0) is 0 Å². The van der Waals surface area contributed by atoms with Crippen LogP contribution in [0.3, 0.4) is 0 Å². The number of nitrogens with one attached hydrogen (secondary N) is 1. The third-order valence-electron chi connectivity index (χ3n) is 0.322. The lowest BCUT2D eigenvalue weighted by Crippen LogP contribution is -2.25. The molecule has 0 aromatic rings. The van der Waals surface area contributed by atoms with E-state index in [2.05, 4.69) is 5.11 Å². The van der Waals surface area contributed by atoms with Crippen molar-refractivity contribution in [3.63, 3.8) is 0 Å². The number of amides is 2. The molecule has 0 aliphatic rings. The summed E-state index contributed by atoms with van der Waals surface area (Å²) >= 11 is 0. The van der Waals surface area contributed by atoms with Crippen LogP contribution in [0.1, 0.15) is 0 Å².